The van der Waals surface area contributed by atoms with Gasteiger partial charge in [-0.15, -0.1) is 0 Å². The molecule has 0 amide bonds. The van der Waals surface area contributed by atoms with Crippen molar-refractivity contribution in [3.05, 3.63) is 36.0 Å². The van der Waals surface area contributed by atoms with Crippen LogP contribution < -0.4 is 24.2 Å². The van der Waals surface area contributed by atoms with Crippen LogP contribution >= 0.6 is 0 Å². The van der Waals surface area contributed by atoms with Crippen molar-refractivity contribution in [3.8, 4) is 17.2 Å². The van der Waals surface area contributed by atoms with Gasteiger partial charge in [-0.05, 0) is 31.0 Å². The monoisotopic (exact) mass is 423 g/mol. The fraction of sp³-hybridized carbons (Fsp3) is 0.450. The quantitative estimate of drug-likeness (QED) is 0.573. The molecule has 2 rings (SSSR count). The molecule has 9 heteroatoms. The van der Waals surface area contributed by atoms with Crippen molar-refractivity contribution in [1.82, 2.24) is 9.71 Å². The van der Waals surface area contributed by atoms with Crippen molar-refractivity contribution < 1.29 is 22.6 Å². The van der Waals surface area contributed by atoms with E-state index >= 15 is 0 Å². The summed E-state index contributed by atoms with van der Waals surface area (Å²) in [6.45, 7) is 4.31. The summed E-state index contributed by atoms with van der Waals surface area (Å²) >= 11 is 0. The Morgan fingerprint density at radius 3 is 2.10 bits per heavy atom. The highest BCUT2D eigenvalue weighted by Gasteiger charge is 2.18. The highest BCUT2D eigenvalue weighted by atomic mass is 32.2. The van der Waals surface area contributed by atoms with Gasteiger partial charge in [0.1, 0.15) is 16.5 Å². The summed E-state index contributed by atoms with van der Waals surface area (Å²) in [6.07, 6.45) is 2.81. The van der Waals surface area contributed by atoms with Crippen LogP contribution in [0, 0.1) is 0 Å². The first kappa shape index (κ1) is 22.8. The molecule has 1 heterocycles. The first-order chi connectivity index (χ1) is 13.9. The van der Waals surface area contributed by atoms with E-state index in [1.165, 1.54) is 12.3 Å². The van der Waals surface area contributed by atoms with E-state index < -0.39 is 10.0 Å². The highest BCUT2D eigenvalue weighted by Crippen LogP contribution is 2.34. The first-order valence-corrected chi connectivity index (χ1v) is 10.9. The van der Waals surface area contributed by atoms with Gasteiger partial charge >= 0.3 is 0 Å². The fourth-order valence-corrected chi connectivity index (χ4v) is 4.15. The summed E-state index contributed by atoms with van der Waals surface area (Å²) in [5.41, 5.74) is 0.846. The maximum atomic E-state index is 12.5. The number of sulfonamides is 1. The van der Waals surface area contributed by atoms with Crippen molar-refractivity contribution in [2.45, 2.75) is 44.2 Å². The van der Waals surface area contributed by atoms with E-state index in [-0.39, 0.29) is 10.9 Å². The summed E-state index contributed by atoms with van der Waals surface area (Å²) in [4.78, 5) is 4.36. The average Bonchev–Trinajstić information content (AvgIpc) is 2.75. The van der Waals surface area contributed by atoms with E-state index in [9.17, 15) is 8.42 Å². The highest BCUT2D eigenvalue weighted by molar-refractivity contribution is 7.89. The Labute approximate surface area is 172 Å². The molecule has 1 aromatic carbocycles. The van der Waals surface area contributed by atoms with Gasteiger partial charge in [0.15, 0.2) is 11.5 Å². The zero-order valence-electron chi connectivity index (χ0n) is 17.5. The fourth-order valence-electron chi connectivity index (χ4n) is 2.80. The maximum absolute atomic E-state index is 12.5. The Hall–Kier alpha value is -2.52. The van der Waals surface area contributed by atoms with E-state index in [0.29, 0.717) is 29.6 Å². The van der Waals surface area contributed by atoms with Gasteiger partial charge in [-0.2, -0.15) is 0 Å². The molecule has 0 atom stereocenters. The molecule has 0 bridgehead atoms. The number of nitrogens with one attached hydrogen (secondary N) is 2. The molecule has 0 radical (unpaired) electrons. The van der Waals surface area contributed by atoms with Gasteiger partial charge in [-0.3, -0.25) is 0 Å². The predicted octanol–water partition coefficient (Wildman–Crippen LogP) is 3.19. The van der Waals surface area contributed by atoms with Crippen LogP contribution in [0.4, 0.5) is 5.82 Å². The number of rotatable bonds is 11. The van der Waals surface area contributed by atoms with Crippen molar-refractivity contribution >= 4 is 15.8 Å². The number of pyridine rings is 1. The molecule has 0 aliphatic heterocycles. The molecule has 0 spiro atoms. The molecule has 0 aliphatic carbocycles. The largest absolute Gasteiger partial charge is 0.496 e. The molecule has 1 aromatic heterocycles. The van der Waals surface area contributed by atoms with Crippen LogP contribution in [0.1, 0.15) is 32.3 Å². The van der Waals surface area contributed by atoms with E-state index in [2.05, 4.69) is 15.0 Å². The molecule has 0 aliphatic rings. The number of aromatic nitrogens is 1. The number of methoxy groups -OCH3 is 3. The minimum atomic E-state index is -3.59. The van der Waals surface area contributed by atoms with Gasteiger partial charge in [0, 0.05) is 30.4 Å². The molecule has 2 N–H and O–H groups in total. The minimum Gasteiger partial charge on any atom is -0.496 e. The third kappa shape index (κ3) is 5.74. The molecule has 160 valence electrons. The second kappa shape index (κ2) is 10.3. The number of hydrogen-bond donors (Lipinski definition) is 2. The van der Waals surface area contributed by atoms with Gasteiger partial charge in [-0.25, -0.2) is 18.1 Å². The van der Waals surface area contributed by atoms with Crippen molar-refractivity contribution in [3.63, 3.8) is 0 Å². The van der Waals surface area contributed by atoms with Crippen LogP contribution in [0.25, 0.3) is 0 Å². The SMILES string of the molecule is CCC(CC)NS(=O)(=O)c1ccc(NCc2cc(OC)c(OC)cc2OC)nc1. The second-order valence-corrected chi connectivity index (χ2v) is 8.10. The van der Waals surface area contributed by atoms with Gasteiger partial charge < -0.3 is 19.5 Å². The van der Waals surface area contributed by atoms with Crippen LogP contribution in [0.2, 0.25) is 0 Å². The van der Waals surface area contributed by atoms with Gasteiger partial charge in [0.05, 0.1) is 21.3 Å². The Morgan fingerprint density at radius 1 is 0.966 bits per heavy atom. The van der Waals surface area contributed by atoms with Crippen molar-refractivity contribution in [2.75, 3.05) is 26.6 Å². The molecule has 0 unspecified atom stereocenters. The topological polar surface area (TPSA) is 98.8 Å². The first-order valence-electron chi connectivity index (χ1n) is 9.39. The molecule has 29 heavy (non-hydrogen) atoms. The van der Waals surface area contributed by atoms with Crippen LogP contribution in [-0.2, 0) is 16.6 Å². The van der Waals surface area contributed by atoms with Crippen molar-refractivity contribution in [2.24, 2.45) is 0 Å². The normalized spacial score (nSPS) is 11.4. The van der Waals surface area contributed by atoms with Crippen LogP contribution in [0.15, 0.2) is 35.4 Å². The lowest BCUT2D eigenvalue weighted by atomic mass is 10.1. The number of hydrogen-bond acceptors (Lipinski definition) is 7. The Kier molecular flexibility index (Phi) is 8.10. The van der Waals surface area contributed by atoms with Gasteiger partial charge in [0.2, 0.25) is 10.0 Å². The number of ether oxygens (including phenoxy) is 3. The predicted molar refractivity (Wildman–Crippen MR) is 112 cm³/mol. The summed E-state index contributed by atoms with van der Waals surface area (Å²) in [7, 11) is 1.12. The van der Waals surface area contributed by atoms with E-state index in [1.807, 2.05) is 19.9 Å². The second-order valence-electron chi connectivity index (χ2n) is 6.39. The Bertz CT molecular complexity index is 897. The standard InChI is InChI=1S/C20H29N3O5S/c1-6-15(7-2)23-29(24,25)16-8-9-20(22-13-16)21-12-14-10-18(27-4)19(28-5)11-17(14)26-3/h8-11,13,15,23H,6-7,12H2,1-5H3,(H,21,22). The van der Waals surface area contributed by atoms with E-state index in [4.69, 9.17) is 14.2 Å². The van der Waals surface area contributed by atoms with Crippen LogP contribution in [0.3, 0.4) is 0 Å². The summed E-state index contributed by atoms with van der Waals surface area (Å²) in [5.74, 6) is 2.35. The molecule has 0 fully saturated rings. The zero-order valence-corrected chi connectivity index (χ0v) is 18.3. The van der Waals surface area contributed by atoms with E-state index in [1.54, 1.807) is 33.5 Å². The molecule has 2 aromatic rings. The third-order valence-electron chi connectivity index (χ3n) is 4.60. The van der Waals surface area contributed by atoms with Crippen molar-refractivity contribution in [1.29, 1.82) is 0 Å². The van der Waals surface area contributed by atoms with Gasteiger partial charge in [0.25, 0.3) is 0 Å². The Balaban J connectivity index is 2.13. The lowest BCUT2D eigenvalue weighted by Gasteiger charge is -2.16. The summed E-state index contributed by atoms with van der Waals surface area (Å²) < 4.78 is 43.6. The number of nitrogens with zero attached hydrogens (tertiary/aromatic N) is 1. The Morgan fingerprint density at radius 2 is 1.59 bits per heavy atom. The lowest BCUT2D eigenvalue weighted by molar-refractivity contribution is 0.347. The molecule has 0 saturated heterocycles. The lowest BCUT2D eigenvalue weighted by Crippen LogP contribution is -2.33. The molecular formula is C20H29N3O5S. The summed E-state index contributed by atoms with van der Waals surface area (Å²) in [5, 5.41) is 3.16. The smallest absolute Gasteiger partial charge is 0.242 e. The van der Waals surface area contributed by atoms with Crippen LogP contribution in [-0.4, -0.2) is 40.8 Å². The molecule has 8 nitrogen and oxygen atoms in total. The zero-order chi connectivity index (χ0) is 21.4. The number of anilines is 1. The third-order valence-corrected chi connectivity index (χ3v) is 6.11. The van der Waals surface area contributed by atoms with E-state index in [0.717, 1.165) is 18.4 Å². The molecule has 0 saturated carbocycles. The van der Waals surface area contributed by atoms with Gasteiger partial charge in [-0.1, -0.05) is 13.8 Å². The molecular weight excluding hydrogens is 394 g/mol. The van der Waals surface area contributed by atoms with Crippen LogP contribution in [0.5, 0.6) is 17.2 Å². The maximum Gasteiger partial charge on any atom is 0.242 e. The minimum absolute atomic E-state index is 0.0877. The number of benzene rings is 1. The summed E-state index contributed by atoms with van der Waals surface area (Å²) in [6, 6.07) is 6.65. The average molecular weight is 424 g/mol.